The zero-order valence-corrected chi connectivity index (χ0v) is 14.5. The number of para-hydroxylation sites is 2. The summed E-state index contributed by atoms with van der Waals surface area (Å²) in [5.41, 5.74) is 2.26. The molecule has 2 heterocycles. The van der Waals surface area contributed by atoms with Crippen molar-refractivity contribution in [3.8, 4) is 5.69 Å². The van der Waals surface area contributed by atoms with E-state index in [-0.39, 0.29) is 4.90 Å². The van der Waals surface area contributed by atoms with Gasteiger partial charge in [-0.15, -0.1) is 5.10 Å². The number of tetrazole rings is 1. The maximum atomic E-state index is 13.2. The minimum atomic E-state index is -3.67. The van der Waals surface area contributed by atoms with Crippen molar-refractivity contribution in [3.63, 3.8) is 0 Å². The predicted molar refractivity (Wildman–Crippen MR) is 93.2 cm³/mol. The maximum Gasteiger partial charge on any atom is 0.264 e. The van der Waals surface area contributed by atoms with Crippen molar-refractivity contribution in [1.29, 1.82) is 0 Å². The molecule has 0 fully saturated rings. The number of sulfonamides is 1. The zero-order chi connectivity index (χ0) is 17.4. The lowest BCUT2D eigenvalue weighted by molar-refractivity contribution is 0.586. The molecule has 2 aromatic carbocycles. The number of anilines is 1. The van der Waals surface area contributed by atoms with Crippen molar-refractivity contribution in [2.45, 2.75) is 24.7 Å². The number of benzene rings is 2. The third-order valence-corrected chi connectivity index (χ3v) is 6.11. The Bertz CT molecular complexity index is 1010. The van der Waals surface area contributed by atoms with Crippen molar-refractivity contribution in [1.82, 2.24) is 20.2 Å². The lowest BCUT2D eigenvalue weighted by Gasteiger charge is -2.28. The summed E-state index contributed by atoms with van der Waals surface area (Å²) in [6.07, 6.45) is 1.25. The fourth-order valence-corrected chi connectivity index (χ4v) is 4.51. The van der Waals surface area contributed by atoms with Gasteiger partial charge in [0.25, 0.3) is 10.0 Å². The highest BCUT2D eigenvalue weighted by molar-refractivity contribution is 7.92. The fourth-order valence-electron chi connectivity index (χ4n) is 2.99. The Morgan fingerprint density at radius 2 is 1.72 bits per heavy atom. The van der Waals surface area contributed by atoms with E-state index in [1.807, 2.05) is 37.3 Å². The highest BCUT2D eigenvalue weighted by Crippen LogP contribution is 2.31. The van der Waals surface area contributed by atoms with Gasteiger partial charge in [-0.1, -0.05) is 29.8 Å². The Balaban J connectivity index is 1.88. The topological polar surface area (TPSA) is 81.0 Å². The second-order valence-electron chi connectivity index (χ2n) is 5.99. The Morgan fingerprint density at radius 1 is 1.00 bits per heavy atom. The van der Waals surface area contributed by atoms with Crippen molar-refractivity contribution in [2.75, 3.05) is 10.8 Å². The van der Waals surface area contributed by atoms with Crippen LogP contribution in [0.25, 0.3) is 5.69 Å². The minimum Gasteiger partial charge on any atom is -0.264 e. The Morgan fingerprint density at radius 3 is 2.48 bits per heavy atom. The summed E-state index contributed by atoms with van der Waals surface area (Å²) in [6.45, 7) is 2.31. The van der Waals surface area contributed by atoms with Gasteiger partial charge in [-0.3, -0.25) is 4.31 Å². The molecule has 128 valence electrons. The first kappa shape index (κ1) is 15.8. The van der Waals surface area contributed by atoms with Crippen molar-refractivity contribution in [3.05, 3.63) is 59.9 Å². The normalized spacial score (nSPS) is 14.4. The molecular weight excluding hydrogens is 338 g/mol. The van der Waals surface area contributed by atoms with E-state index >= 15 is 0 Å². The molecule has 4 rings (SSSR count). The predicted octanol–water partition coefficient (Wildman–Crippen LogP) is 2.11. The molecule has 7 nitrogen and oxygen atoms in total. The number of hydrogen-bond donors (Lipinski definition) is 0. The van der Waals surface area contributed by atoms with Crippen LogP contribution in [0.1, 0.15) is 17.8 Å². The Kier molecular flexibility index (Phi) is 3.76. The summed E-state index contributed by atoms with van der Waals surface area (Å²) < 4.78 is 29.6. The third kappa shape index (κ3) is 2.68. The van der Waals surface area contributed by atoms with E-state index in [0.717, 1.165) is 11.4 Å². The van der Waals surface area contributed by atoms with Crippen LogP contribution in [0.15, 0.2) is 53.4 Å². The number of aromatic nitrogens is 4. The number of hydrogen-bond acceptors (Lipinski definition) is 5. The molecule has 1 aromatic heterocycles. The zero-order valence-electron chi connectivity index (χ0n) is 13.7. The SMILES string of the molecule is Cc1ccc(S(=O)(=O)N2CCCc3nnnn3-c3ccccc32)cc1. The molecule has 0 aliphatic carbocycles. The highest BCUT2D eigenvalue weighted by Gasteiger charge is 2.29. The van der Waals surface area contributed by atoms with Crippen LogP contribution in [0.2, 0.25) is 0 Å². The summed E-state index contributed by atoms with van der Waals surface area (Å²) in [6, 6.07) is 14.2. The first-order valence-electron chi connectivity index (χ1n) is 8.03. The molecule has 0 bridgehead atoms. The molecule has 0 saturated heterocycles. The van der Waals surface area contributed by atoms with E-state index in [2.05, 4.69) is 15.5 Å². The van der Waals surface area contributed by atoms with Gasteiger partial charge in [-0.25, -0.2) is 8.42 Å². The summed E-state index contributed by atoms with van der Waals surface area (Å²) >= 11 is 0. The van der Waals surface area contributed by atoms with Crippen molar-refractivity contribution < 1.29 is 8.42 Å². The summed E-state index contributed by atoms with van der Waals surface area (Å²) in [5, 5.41) is 11.8. The van der Waals surface area contributed by atoms with Crippen LogP contribution < -0.4 is 4.31 Å². The van der Waals surface area contributed by atoms with Gasteiger partial charge in [0.1, 0.15) is 0 Å². The number of aryl methyl sites for hydroxylation is 2. The molecule has 1 aliphatic rings. The average molecular weight is 355 g/mol. The molecule has 0 saturated carbocycles. The molecule has 0 spiro atoms. The van der Waals surface area contributed by atoms with Gasteiger partial charge in [0.15, 0.2) is 5.82 Å². The Labute approximate surface area is 146 Å². The molecule has 3 aromatic rings. The summed E-state index contributed by atoms with van der Waals surface area (Å²) in [4.78, 5) is 0.283. The van der Waals surface area contributed by atoms with Crippen LogP contribution in [0.3, 0.4) is 0 Å². The largest absolute Gasteiger partial charge is 0.264 e. The van der Waals surface area contributed by atoms with Gasteiger partial charge in [0, 0.05) is 13.0 Å². The smallest absolute Gasteiger partial charge is 0.264 e. The van der Waals surface area contributed by atoms with E-state index in [4.69, 9.17) is 0 Å². The van der Waals surface area contributed by atoms with Crippen LogP contribution in [-0.4, -0.2) is 35.2 Å². The van der Waals surface area contributed by atoms with Gasteiger partial charge in [-0.05, 0) is 48.0 Å². The minimum absolute atomic E-state index is 0.283. The van der Waals surface area contributed by atoms with E-state index in [1.54, 1.807) is 22.9 Å². The van der Waals surface area contributed by atoms with Crippen LogP contribution in [0.5, 0.6) is 0 Å². The monoisotopic (exact) mass is 355 g/mol. The van der Waals surface area contributed by atoms with Crippen molar-refractivity contribution >= 4 is 15.7 Å². The van der Waals surface area contributed by atoms with Crippen LogP contribution in [-0.2, 0) is 16.4 Å². The second-order valence-corrected chi connectivity index (χ2v) is 7.85. The van der Waals surface area contributed by atoms with E-state index in [9.17, 15) is 8.42 Å². The standard InChI is InChI=1S/C17H17N5O2S/c1-13-8-10-14(11-9-13)25(23,24)21-12-4-7-17-18-19-20-22(17)16-6-3-2-5-15(16)21/h2-3,5-6,8-11H,4,7,12H2,1H3. The average Bonchev–Trinajstić information content (AvgIpc) is 3.05. The molecule has 0 N–H and O–H groups in total. The van der Waals surface area contributed by atoms with Crippen LogP contribution >= 0.6 is 0 Å². The van der Waals surface area contributed by atoms with E-state index in [1.165, 1.54) is 4.31 Å². The third-order valence-electron chi connectivity index (χ3n) is 4.28. The first-order chi connectivity index (χ1) is 12.1. The van der Waals surface area contributed by atoms with Crippen LogP contribution in [0.4, 0.5) is 5.69 Å². The van der Waals surface area contributed by atoms with Gasteiger partial charge < -0.3 is 0 Å². The van der Waals surface area contributed by atoms with Gasteiger partial charge in [0.2, 0.25) is 0 Å². The summed E-state index contributed by atoms with van der Waals surface area (Å²) in [7, 11) is -3.67. The highest BCUT2D eigenvalue weighted by atomic mass is 32.2. The van der Waals surface area contributed by atoms with Gasteiger partial charge in [0.05, 0.1) is 16.3 Å². The fraction of sp³-hybridized carbons (Fsp3) is 0.235. The first-order valence-corrected chi connectivity index (χ1v) is 9.47. The van der Waals surface area contributed by atoms with E-state index < -0.39 is 10.0 Å². The molecule has 1 aliphatic heterocycles. The summed E-state index contributed by atoms with van der Waals surface area (Å²) in [5.74, 6) is 0.736. The number of fused-ring (bicyclic) bond motifs is 3. The molecule has 0 amide bonds. The molecule has 0 radical (unpaired) electrons. The van der Waals surface area contributed by atoms with Crippen LogP contribution in [0, 0.1) is 6.92 Å². The Hall–Kier alpha value is -2.74. The van der Waals surface area contributed by atoms with Crippen molar-refractivity contribution in [2.24, 2.45) is 0 Å². The number of rotatable bonds is 2. The molecule has 8 heteroatoms. The lowest BCUT2D eigenvalue weighted by Crippen LogP contribution is -2.34. The quantitative estimate of drug-likeness (QED) is 0.703. The maximum absolute atomic E-state index is 13.2. The van der Waals surface area contributed by atoms with E-state index in [0.29, 0.717) is 30.8 Å². The lowest BCUT2D eigenvalue weighted by atomic mass is 10.2. The molecular formula is C17H17N5O2S. The molecule has 25 heavy (non-hydrogen) atoms. The number of nitrogens with zero attached hydrogens (tertiary/aromatic N) is 5. The molecule has 0 atom stereocenters. The second kappa shape index (κ2) is 5.96. The molecule has 0 unspecified atom stereocenters. The van der Waals surface area contributed by atoms with Gasteiger partial charge in [-0.2, -0.15) is 4.68 Å². The van der Waals surface area contributed by atoms with Gasteiger partial charge >= 0.3 is 0 Å².